The third-order valence-corrected chi connectivity index (χ3v) is 5.57. The van der Waals surface area contributed by atoms with Crippen molar-refractivity contribution in [1.29, 1.82) is 0 Å². The summed E-state index contributed by atoms with van der Waals surface area (Å²) in [5, 5.41) is 29.9. The van der Waals surface area contributed by atoms with E-state index in [4.69, 9.17) is 10.2 Å². The van der Waals surface area contributed by atoms with Crippen molar-refractivity contribution in [3.8, 4) is 0 Å². The summed E-state index contributed by atoms with van der Waals surface area (Å²) in [4.78, 5) is 58.5. The molecule has 220 valence electrons. The summed E-state index contributed by atoms with van der Waals surface area (Å²) in [5.41, 5.74) is 0. The highest BCUT2D eigenvalue weighted by atomic mass is 16.5. The smallest absolute Gasteiger partial charge is 0.406 e. The number of nitrogens with zero attached hydrogens (tertiary/aromatic N) is 1. The lowest BCUT2D eigenvalue weighted by Crippen LogP contribution is -2.49. The number of hydrogen-bond donors (Lipinski definition) is 7. The van der Waals surface area contributed by atoms with Crippen molar-refractivity contribution in [2.24, 2.45) is 0 Å². The summed E-state index contributed by atoms with van der Waals surface area (Å²) in [6.07, 6.45) is 6.66. The molecule has 0 atom stereocenters. The molecule has 0 unspecified atom stereocenters. The molecule has 7 amide bonds. The van der Waals surface area contributed by atoms with E-state index in [0.29, 0.717) is 39.1 Å². The van der Waals surface area contributed by atoms with Gasteiger partial charge in [0.05, 0.1) is 7.11 Å². The maximum atomic E-state index is 12.7. The Morgan fingerprint density at radius 3 is 1.24 bits per heavy atom. The first-order valence-electron chi connectivity index (χ1n) is 13.4. The van der Waals surface area contributed by atoms with Crippen LogP contribution in [0.25, 0.3) is 0 Å². The zero-order valence-electron chi connectivity index (χ0n) is 22.5. The fourth-order valence-electron chi connectivity index (χ4n) is 3.49. The Hall–Kier alpha value is -3.45. The first-order chi connectivity index (χ1) is 18.3. The molecule has 0 aliphatic carbocycles. The third kappa shape index (κ3) is 21.8. The van der Waals surface area contributed by atoms with E-state index in [0.717, 1.165) is 70.6 Å². The Morgan fingerprint density at radius 1 is 0.526 bits per heavy atom. The van der Waals surface area contributed by atoms with Gasteiger partial charge in [-0.15, -0.1) is 0 Å². The van der Waals surface area contributed by atoms with E-state index >= 15 is 0 Å². The lowest BCUT2D eigenvalue weighted by atomic mass is 10.2. The Kier molecular flexibility index (Phi) is 21.7. The second-order valence-electron chi connectivity index (χ2n) is 8.74. The minimum atomic E-state index is -1.04. The quantitative estimate of drug-likeness (QED) is 0.106. The van der Waals surface area contributed by atoms with Gasteiger partial charge in [-0.05, 0) is 38.5 Å². The number of nitrogens with one attached hydrogen (secondary N) is 5. The predicted octanol–water partition coefficient (Wildman–Crippen LogP) is 3.28. The largest absolute Gasteiger partial charge is 0.465 e. The zero-order valence-corrected chi connectivity index (χ0v) is 22.5. The van der Waals surface area contributed by atoms with E-state index < -0.39 is 30.3 Å². The van der Waals surface area contributed by atoms with E-state index in [9.17, 15) is 24.0 Å². The molecule has 0 rings (SSSR count). The molecule has 0 bridgehead atoms. The number of urea groups is 2. The number of ether oxygens (including phenoxy) is 1. The fourth-order valence-corrected chi connectivity index (χ4v) is 3.49. The van der Waals surface area contributed by atoms with Crippen LogP contribution in [0.1, 0.15) is 77.0 Å². The second-order valence-corrected chi connectivity index (χ2v) is 8.74. The first kappa shape index (κ1) is 34.6. The van der Waals surface area contributed by atoms with Crippen molar-refractivity contribution < 1.29 is 38.9 Å². The van der Waals surface area contributed by atoms with Crippen LogP contribution < -0.4 is 26.6 Å². The van der Waals surface area contributed by atoms with Crippen molar-refractivity contribution in [3.05, 3.63) is 0 Å². The molecule has 0 aliphatic rings. The van der Waals surface area contributed by atoms with Gasteiger partial charge in [-0.2, -0.15) is 0 Å². The molecule has 14 heteroatoms. The molecule has 0 aliphatic heterocycles. The minimum absolute atomic E-state index is 0.268. The Bertz CT molecular complexity index is 653. The van der Waals surface area contributed by atoms with E-state index in [1.807, 2.05) is 0 Å². The number of imide groups is 1. The van der Waals surface area contributed by atoms with Gasteiger partial charge in [-0.3, -0.25) is 0 Å². The maximum absolute atomic E-state index is 12.7. The van der Waals surface area contributed by atoms with Gasteiger partial charge in [-0.1, -0.05) is 38.5 Å². The van der Waals surface area contributed by atoms with Crippen molar-refractivity contribution in [3.63, 3.8) is 0 Å². The topological polar surface area (TPSA) is 198 Å². The second kappa shape index (κ2) is 23.9. The number of rotatable bonds is 21. The highest BCUT2D eigenvalue weighted by Crippen LogP contribution is 2.05. The summed E-state index contributed by atoms with van der Waals surface area (Å²) in [7, 11) is 1.31. The van der Waals surface area contributed by atoms with E-state index in [-0.39, 0.29) is 6.54 Å². The number of carboxylic acid groups (broad SMARTS) is 2. The Labute approximate surface area is 224 Å². The zero-order chi connectivity index (χ0) is 28.4. The molecule has 0 fully saturated rings. The standard InChI is InChI=1S/C24H46N6O8/c1-38-24(37)29-18-12-6-7-13-19-30(20(31)25-14-8-2-4-10-16-27-22(33)34)21(32)26-15-9-3-5-11-17-28-23(35)36/h27-28H,2-19H2,1H3,(H,25,31)(H,26,32)(H,29,37)(H,33,34)(H,35,36). The molecular formula is C24H46N6O8. The Balaban J connectivity index is 4.35. The van der Waals surface area contributed by atoms with Gasteiger partial charge in [0.1, 0.15) is 0 Å². The van der Waals surface area contributed by atoms with Crippen LogP contribution in [0.5, 0.6) is 0 Å². The molecule has 14 nitrogen and oxygen atoms in total. The Morgan fingerprint density at radius 2 is 0.868 bits per heavy atom. The molecule has 0 saturated carbocycles. The molecule has 38 heavy (non-hydrogen) atoms. The van der Waals surface area contributed by atoms with Gasteiger partial charge in [0.25, 0.3) is 0 Å². The lowest BCUT2D eigenvalue weighted by Gasteiger charge is -2.22. The highest BCUT2D eigenvalue weighted by Gasteiger charge is 2.20. The predicted molar refractivity (Wildman–Crippen MR) is 141 cm³/mol. The molecule has 0 aromatic rings. The van der Waals surface area contributed by atoms with Gasteiger partial charge in [0.15, 0.2) is 0 Å². The van der Waals surface area contributed by atoms with Gasteiger partial charge in [0, 0.05) is 39.3 Å². The number of amides is 7. The number of alkyl carbamates (subject to hydrolysis) is 1. The average Bonchev–Trinajstić information content (AvgIpc) is 2.87. The number of unbranched alkanes of at least 4 members (excludes halogenated alkanes) is 9. The molecule has 0 radical (unpaired) electrons. The number of carbonyl (C=O) groups excluding carboxylic acids is 3. The van der Waals surface area contributed by atoms with E-state index in [1.165, 1.54) is 12.0 Å². The van der Waals surface area contributed by atoms with Crippen molar-refractivity contribution >= 4 is 30.3 Å². The summed E-state index contributed by atoms with van der Waals surface area (Å²) in [6.45, 7) is 2.39. The lowest BCUT2D eigenvalue weighted by molar-refractivity contribution is 0.170. The van der Waals surface area contributed by atoms with Crippen LogP contribution in [0.4, 0.5) is 24.0 Å². The van der Waals surface area contributed by atoms with Crippen LogP contribution in [0, 0.1) is 0 Å². The minimum Gasteiger partial charge on any atom is -0.465 e. The van der Waals surface area contributed by atoms with Gasteiger partial charge in [-0.25, -0.2) is 28.9 Å². The molecular weight excluding hydrogens is 500 g/mol. The number of methoxy groups -OCH3 is 1. The van der Waals surface area contributed by atoms with Crippen LogP contribution in [0.2, 0.25) is 0 Å². The SMILES string of the molecule is COC(=O)NCCCCCCN(C(=O)NCCCCCCNC(=O)O)C(=O)NCCCCCCNC(=O)O. The van der Waals surface area contributed by atoms with Gasteiger partial charge < -0.3 is 41.5 Å². The number of hydrogen-bond acceptors (Lipinski definition) is 6. The summed E-state index contributed by atoms with van der Waals surface area (Å²) in [5.74, 6) is 0. The summed E-state index contributed by atoms with van der Waals surface area (Å²) < 4.78 is 4.51. The fraction of sp³-hybridized carbons (Fsp3) is 0.792. The van der Waals surface area contributed by atoms with Crippen molar-refractivity contribution in [2.75, 3.05) is 46.4 Å². The molecule has 0 saturated heterocycles. The van der Waals surface area contributed by atoms with Gasteiger partial charge in [0.2, 0.25) is 0 Å². The van der Waals surface area contributed by atoms with Crippen LogP contribution in [-0.2, 0) is 4.74 Å². The third-order valence-electron chi connectivity index (χ3n) is 5.57. The average molecular weight is 547 g/mol. The first-order valence-corrected chi connectivity index (χ1v) is 13.4. The van der Waals surface area contributed by atoms with Crippen LogP contribution in [0.3, 0.4) is 0 Å². The summed E-state index contributed by atoms with van der Waals surface area (Å²) in [6, 6.07) is -0.913. The maximum Gasteiger partial charge on any atom is 0.406 e. The molecule has 7 N–H and O–H groups in total. The van der Waals surface area contributed by atoms with E-state index in [2.05, 4.69) is 31.3 Å². The van der Waals surface area contributed by atoms with Crippen LogP contribution in [-0.4, -0.2) is 91.8 Å². The van der Waals surface area contributed by atoms with Gasteiger partial charge >= 0.3 is 30.3 Å². The molecule has 0 aromatic heterocycles. The molecule has 0 spiro atoms. The van der Waals surface area contributed by atoms with Crippen molar-refractivity contribution in [2.45, 2.75) is 77.0 Å². The molecule has 0 aromatic carbocycles. The van der Waals surface area contributed by atoms with E-state index in [1.54, 1.807) is 0 Å². The molecule has 0 heterocycles. The van der Waals surface area contributed by atoms with Crippen LogP contribution in [0.15, 0.2) is 0 Å². The summed E-state index contributed by atoms with van der Waals surface area (Å²) >= 11 is 0. The highest BCUT2D eigenvalue weighted by molar-refractivity contribution is 5.93. The monoisotopic (exact) mass is 546 g/mol. The number of carbonyl (C=O) groups is 5. The van der Waals surface area contributed by atoms with Crippen LogP contribution >= 0.6 is 0 Å². The normalized spacial score (nSPS) is 10.2. The van der Waals surface area contributed by atoms with Crippen molar-refractivity contribution in [1.82, 2.24) is 31.5 Å².